The van der Waals surface area contributed by atoms with Crippen LogP contribution in [0.4, 0.5) is 0 Å². The lowest BCUT2D eigenvalue weighted by molar-refractivity contribution is 0.643. The van der Waals surface area contributed by atoms with Crippen LogP contribution in [0.3, 0.4) is 0 Å². The average Bonchev–Trinajstić information content (AvgIpc) is 2.87. The van der Waals surface area contributed by atoms with E-state index in [1.54, 1.807) is 4.68 Å². The van der Waals surface area contributed by atoms with E-state index in [-0.39, 0.29) is 0 Å². The number of hydrogen-bond donors (Lipinski definition) is 1. The van der Waals surface area contributed by atoms with E-state index in [1.165, 1.54) is 5.56 Å². The van der Waals surface area contributed by atoms with Crippen molar-refractivity contribution in [3.05, 3.63) is 29.8 Å². The summed E-state index contributed by atoms with van der Waals surface area (Å²) in [5.41, 5.74) is 2.08. The van der Waals surface area contributed by atoms with Crippen molar-refractivity contribution in [2.45, 2.75) is 19.5 Å². The summed E-state index contributed by atoms with van der Waals surface area (Å²) in [6.45, 7) is 2.76. The van der Waals surface area contributed by atoms with Gasteiger partial charge in [-0.15, -0.1) is 5.10 Å². The second-order valence-corrected chi connectivity index (χ2v) is 3.87. The lowest BCUT2D eigenvalue weighted by atomic mass is 10.2. The molecule has 0 radical (unpaired) electrons. The smallest absolute Gasteiger partial charge is 0.104 e. The fourth-order valence-electron chi connectivity index (χ4n) is 1.49. The molecule has 0 aromatic carbocycles. The van der Waals surface area contributed by atoms with Crippen molar-refractivity contribution >= 4 is 0 Å². The molecule has 0 bridgehead atoms. The van der Waals surface area contributed by atoms with Gasteiger partial charge in [-0.3, -0.25) is 9.36 Å². The van der Waals surface area contributed by atoms with E-state index in [0.29, 0.717) is 12.6 Å². The highest BCUT2D eigenvalue weighted by atomic mass is 15.4. The van der Waals surface area contributed by atoms with E-state index in [2.05, 4.69) is 27.7 Å². The van der Waals surface area contributed by atoms with Crippen LogP contribution in [0.25, 0.3) is 0 Å². The van der Waals surface area contributed by atoms with Gasteiger partial charge in [0, 0.05) is 31.0 Å². The molecule has 0 aliphatic rings. The normalized spacial score (nSPS) is 12.9. The van der Waals surface area contributed by atoms with E-state index in [0.717, 1.165) is 5.69 Å². The predicted molar refractivity (Wildman–Crippen MR) is 59.8 cm³/mol. The van der Waals surface area contributed by atoms with Crippen molar-refractivity contribution in [1.82, 2.24) is 30.1 Å². The van der Waals surface area contributed by atoms with E-state index < -0.39 is 0 Å². The molecule has 0 fully saturated rings. The lowest BCUT2D eigenvalue weighted by Crippen LogP contribution is -2.11. The van der Waals surface area contributed by atoms with Crippen LogP contribution in [-0.4, -0.2) is 31.8 Å². The first-order valence-corrected chi connectivity index (χ1v) is 5.24. The predicted octanol–water partition coefficient (Wildman–Crippen LogP) is 0.340. The summed E-state index contributed by atoms with van der Waals surface area (Å²) in [6.07, 6.45) is 5.79. The van der Waals surface area contributed by atoms with E-state index in [1.807, 2.05) is 37.4 Å². The zero-order valence-electron chi connectivity index (χ0n) is 9.75. The van der Waals surface area contributed by atoms with Gasteiger partial charge in [-0.2, -0.15) is 5.10 Å². The van der Waals surface area contributed by atoms with Gasteiger partial charge in [-0.1, -0.05) is 5.21 Å². The summed E-state index contributed by atoms with van der Waals surface area (Å²) in [6, 6.07) is 0.315. The van der Waals surface area contributed by atoms with Crippen LogP contribution in [0.15, 0.2) is 18.6 Å². The Morgan fingerprint density at radius 3 is 2.88 bits per heavy atom. The molecule has 0 saturated carbocycles. The highest BCUT2D eigenvalue weighted by molar-refractivity contribution is 5.09. The third-order valence-electron chi connectivity index (χ3n) is 2.56. The number of aryl methyl sites for hydroxylation is 1. The Kier molecular flexibility index (Phi) is 3.00. The molecule has 0 aliphatic heterocycles. The molecule has 2 rings (SSSR count). The molecule has 0 amide bonds. The topological polar surface area (TPSA) is 60.6 Å². The van der Waals surface area contributed by atoms with Gasteiger partial charge in [0.1, 0.15) is 5.69 Å². The van der Waals surface area contributed by atoms with Crippen molar-refractivity contribution in [3.8, 4) is 0 Å². The molecule has 0 saturated heterocycles. The Balaban J connectivity index is 2.08. The fourth-order valence-corrected chi connectivity index (χ4v) is 1.49. The maximum absolute atomic E-state index is 4.29. The van der Waals surface area contributed by atoms with Crippen LogP contribution in [0, 0.1) is 0 Å². The second-order valence-electron chi connectivity index (χ2n) is 3.87. The molecular formula is C10H16N6. The van der Waals surface area contributed by atoms with Gasteiger partial charge in [-0.25, -0.2) is 0 Å². The molecule has 0 aliphatic carbocycles. The van der Waals surface area contributed by atoms with Crippen LogP contribution in [0.1, 0.15) is 24.2 Å². The lowest BCUT2D eigenvalue weighted by Gasteiger charge is -2.05. The maximum Gasteiger partial charge on any atom is 0.104 e. The molecular weight excluding hydrogens is 204 g/mol. The van der Waals surface area contributed by atoms with Crippen molar-refractivity contribution in [1.29, 1.82) is 0 Å². The first-order chi connectivity index (χ1) is 7.69. The molecule has 1 unspecified atom stereocenters. The molecule has 1 atom stereocenters. The van der Waals surface area contributed by atoms with Gasteiger partial charge in [0.15, 0.2) is 0 Å². The highest BCUT2D eigenvalue weighted by Crippen LogP contribution is 2.10. The van der Waals surface area contributed by atoms with Gasteiger partial charge in [0.2, 0.25) is 0 Å². The van der Waals surface area contributed by atoms with Crippen molar-refractivity contribution < 1.29 is 0 Å². The highest BCUT2D eigenvalue weighted by Gasteiger charge is 2.06. The first kappa shape index (κ1) is 10.8. The number of rotatable bonds is 4. The Labute approximate surface area is 94.3 Å². The molecule has 86 valence electrons. The summed E-state index contributed by atoms with van der Waals surface area (Å²) in [5, 5.41) is 15.4. The molecule has 6 heteroatoms. The van der Waals surface area contributed by atoms with E-state index >= 15 is 0 Å². The van der Waals surface area contributed by atoms with Crippen LogP contribution < -0.4 is 5.32 Å². The Bertz CT molecular complexity index is 457. The van der Waals surface area contributed by atoms with Crippen LogP contribution in [-0.2, 0) is 13.6 Å². The SMILES string of the molecule is CNC(C)c1cnn(Cc2cn(C)nn2)c1. The van der Waals surface area contributed by atoms with Crippen LogP contribution >= 0.6 is 0 Å². The van der Waals surface area contributed by atoms with Crippen molar-refractivity contribution in [2.24, 2.45) is 7.05 Å². The number of hydrogen-bond acceptors (Lipinski definition) is 4. The first-order valence-electron chi connectivity index (χ1n) is 5.24. The minimum absolute atomic E-state index is 0.315. The minimum atomic E-state index is 0.315. The largest absolute Gasteiger partial charge is 0.313 e. The maximum atomic E-state index is 4.29. The molecule has 1 N–H and O–H groups in total. The zero-order chi connectivity index (χ0) is 11.5. The summed E-state index contributed by atoms with van der Waals surface area (Å²) in [4.78, 5) is 0. The van der Waals surface area contributed by atoms with Crippen LogP contribution in [0.5, 0.6) is 0 Å². The second kappa shape index (κ2) is 4.44. The van der Waals surface area contributed by atoms with E-state index in [9.17, 15) is 0 Å². The van der Waals surface area contributed by atoms with Gasteiger partial charge in [0.05, 0.1) is 12.7 Å². The van der Waals surface area contributed by atoms with Gasteiger partial charge in [0.25, 0.3) is 0 Å². The average molecular weight is 220 g/mol. The van der Waals surface area contributed by atoms with Crippen LogP contribution in [0.2, 0.25) is 0 Å². The van der Waals surface area contributed by atoms with Crippen molar-refractivity contribution in [3.63, 3.8) is 0 Å². The minimum Gasteiger partial charge on any atom is -0.313 e. The number of aromatic nitrogens is 5. The van der Waals surface area contributed by atoms with E-state index in [4.69, 9.17) is 0 Å². The Morgan fingerprint density at radius 2 is 2.25 bits per heavy atom. The monoisotopic (exact) mass is 220 g/mol. The summed E-state index contributed by atoms with van der Waals surface area (Å²) >= 11 is 0. The van der Waals surface area contributed by atoms with Crippen molar-refractivity contribution in [2.75, 3.05) is 7.05 Å². The summed E-state index contributed by atoms with van der Waals surface area (Å²) in [7, 11) is 3.79. The van der Waals surface area contributed by atoms with Gasteiger partial charge >= 0.3 is 0 Å². The molecule has 6 nitrogen and oxygen atoms in total. The van der Waals surface area contributed by atoms with Gasteiger partial charge in [-0.05, 0) is 14.0 Å². The number of nitrogens with one attached hydrogen (secondary N) is 1. The summed E-state index contributed by atoms with van der Waals surface area (Å²) in [5.74, 6) is 0. The number of nitrogens with zero attached hydrogens (tertiary/aromatic N) is 5. The molecule has 2 heterocycles. The zero-order valence-corrected chi connectivity index (χ0v) is 9.75. The Hall–Kier alpha value is -1.69. The fraction of sp³-hybridized carbons (Fsp3) is 0.500. The molecule has 2 aromatic heterocycles. The third-order valence-corrected chi connectivity index (χ3v) is 2.56. The third kappa shape index (κ3) is 2.27. The Morgan fingerprint density at radius 1 is 1.44 bits per heavy atom. The molecule has 2 aromatic rings. The summed E-state index contributed by atoms with van der Waals surface area (Å²) < 4.78 is 3.56. The molecule has 16 heavy (non-hydrogen) atoms. The van der Waals surface area contributed by atoms with Gasteiger partial charge < -0.3 is 5.32 Å². The standard InChI is InChI=1S/C10H16N6/c1-8(11-2)9-4-12-16(5-9)7-10-6-15(3)14-13-10/h4-6,8,11H,7H2,1-3H3. The quantitative estimate of drug-likeness (QED) is 0.807. The molecule has 0 spiro atoms.